The number of rotatable bonds is 2. The van der Waals surface area contributed by atoms with E-state index in [1.54, 1.807) is 0 Å². The maximum Gasteiger partial charge on any atom is 0.161 e. The van der Waals surface area contributed by atoms with E-state index in [0.29, 0.717) is 17.6 Å². The minimum Gasteiger partial charge on any atom is -0.294 e. The summed E-state index contributed by atoms with van der Waals surface area (Å²) in [7, 11) is 0. The molecule has 76 valence electrons. The first-order chi connectivity index (χ1) is 6.59. The van der Waals surface area contributed by atoms with Gasteiger partial charge in [0.15, 0.2) is 5.78 Å². The Hall–Kier alpha value is -0.850. The molecule has 0 aromatic carbocycles. The van der Waals surface area contributed by atoms with E-state index in [0.717, 1.165) is 12.0 Å². The van der Waals surface area contributed by atoms with Crippen LogP contribution in [0.3, 0.4) is 0 Å². The lowest BCUT2D eigenvalue weighted by molar-refractivity contribution is -0.119. The van der Waals surface area contributed by atoms with Crippen molar-refractivity contribution in [2.75, 3.05) is 0 Å². The molecule has 3 aliphatic carbocycles. The zero-order valence-electron chi connectivity index (χ0n) is 9.05. The van der Waals surface area contributed by atoms with Crippen LogP contribution in [0.2, 0.25) is 0 Å². The van der Waals surface area contributed by atoms with Gasteiger partial charge in [0.2, 0.25) is 0 Å². The summed E-state index contributed by atoms with van der Waals surface area (Å²) in [6, 6.07) is 0. The van der Waals surface area contributed by atoms with Crippen molar-refractivity contribution < 1.29 is 4.79 Å². The molecule has 3 rings (SSSR count). The van der Waals surface area contributed by atoms with E-state index in [9.17, 15) is 4.79 Å². The maximum absolute atomic E-state index is 11.9. The Morgan fingerprint density at radius 1 is 1.50 bits per heavy atom. The van der Waals surface area contributed by atoms with Gasteiger partial charge in [0, 0.05) is 5.92 Å². The topological polar surface area (TPSA) is 17.1 Å². The molecule has 2 bridgehead atoms. The van der Waals surface area contributed by atoms with Gasteiger partial charge < -0.3 is 0 Å². The zero-order valence-corrected chi connectivity index (χ0v) is 9.05. The molecule has 0 heterocycles. The molecule has 14 heavy (non-hydrogen) atoms. The van der Waals surface area contributed by atoms with Crippen molar-refractivity contribution in [2.45, 2.75) is 33.1 Å². The van der Waals surface area contributed by atoms with E-state index in [-0.39, 0.29) is 5.92 Å². The molecule has 0 aromatic rings. The number of hydrogen-bond acceptors (Lipinski definition) is 1. The van der Waals surface area contributed by atoms with Gasteiger partial charge in [0.05, 0.1) is 0 Å². The molecule has 0 spiro atoms. The third-order valence-electron chi connectivity index (χ3n) is 3.49. The third kappa shape index (κ3) is 1.45. The van der Waals surface area contributed by atoms with Gasteiger partial charge >= 0.3 is 0 Å². The van der Waals surface area contributed by atoms with Gasteiger partial charge in [0.1, 0.15) is 0 Å². The molecule has 0 unspecified atom stereocenters. The summed E-state index contributed by atoms with van der Waals surface area (Å²) in [6.07, 6.45) is 5.63. The van der Waals surface area contributed by atoms with Gasteiger partial charge in [-0.25, -0.2) is 0 Å². The molecule has 3 aliphatic rings. The number of hydrogen-bond donors (Lipinski definition) is 0. The van der Waals surface area contributed by atoms with Gasteiger partial charge in [-0.05, 0) is 36.7 Å². The number of carbonyl (C=O) groups excluding carboxylic acids is 1. The highest BCUT2D eigenvalue weighted by Gasteiger charge is 2.34. The number of ketones is 1. The highest BCUT2D eigenvalue weighted by molar-refractivity contribution is 5.97. The van der Waals surface area contributed by atoms with E-state index in [1.165, 1.54) is 18.4 Å². The SMILES string of the molecule is C=C1C[C@H]2CC[C@@H]1C=C2C(=O)C(C)C. The predicted octanol–water partition coefficient (Wildman–Crippen LogP) is 3.12. The Kier molecular flexibility index (Phi) is 2.34. The standard InChI is InChI=1S/C13H18O/c1-8(2)13(14)12-7-10-4-5-11(12)6-9(10)3/h7-8,10-11H,3-6H2,1-2H3/t10-,11-/m1/s1. The number of Topliss-reactive ketones (excluding diaryl/α,β-unsaturated/α-hetero) is 1. The summed E-state index contributed by atoms with van der Waals surface area (Å²) >= 11 is 0. The van der Waals surface area contributed by atoms with Crippen LogP contribution in [0.15, 0.2) is 23.8 Å². The van der Waals surface area contributed by atoms with Crippen LogP contribution in [0.1, 0.15) is 33.1 Å². The number of carbonyl (C=O) groups is 1. The fourth-order valence-electron chi connectivity index (χ4n) is 2.59. The first kappa shape index (κ1) is 9.70. The van der Waals surface area contributed by atoms with Crippen molar-refractivity contribution in [1.82, 2.24) is 0 Å². The second kappa shape index (κ2) is 3.38. The molecule has 0 aromatic heterocycles. The lowest BCUT2D eigenvalue weighted by Crippen LogP contribution is -2.29. The Balaban J connectivity index is 2.26. The van der Waals surface area contributed by atoms with Crippen LogP contribution in [-0.4, -0.2) is 5.78 Å². The van der Waals surface area contributed by atoms with E-state index in [1.807, 2.05) is 13.8 Å². The molecule has 2 atom stereocenters. The van der Waals surface area contributed by atoms with Crippen molar-refractivity contribution in [3.05, 3.63) is 23.8 Å². The largest absolute Gasteiger partial charge is 0.294 e. The lowest BCUT2D eigenvalue weighted by Gasteiger charge is -2.37. The second-order valence-corrected chi connectivity index (χ2v) is 4.88. The molecule has 0 N–H and O–H groups in total. The monoisotopic (exact) mass is 190 g/mol. The molecule has 0 amide bonds. The average molecular weight is 190 g/mol. The molecule has 0 saturated heterocycles. The molecular formula is C13H18O. The Bertz CT molecular complexity index is 309. The van der Waals surface area contributed by atoms with Gasteiger partial charge in [-0.3, -0.25) is 4.79 Å². The smallest absolute Gasteiger partial charge is 0.161 e. The molecule has 0 aliphatic heterocycles. The molecular weight excluding hydrogens is 172 g/mol. The highest BCUT2D eigenvalue weighted by atomic mass is 16.1. The van der Waals surface area contributed by atoms with Crippen molar-refractivity contribution in [3.8, 4) is 0 Å². The summed E-state index contributed by atoms with van der Waals surface area (Å²) in [5.74, 6) is 1.49. The van der Waals surface area contributed by atoms with Crippen molar-refractivity contribution >= 4 is 5.78 Å². The summed E-state index contributed by atoms with van der Waals surface area (Å²) in [4.78, 5) is 11.9. The maximum atomic E-state index is 11.9. The normalized spacial score (nSPS) is 30.8. The molecule has 1 saturated carbocycles. The van der Waals surface area contributed by atoms with Crippen molar-refractivity contribution in [1.29, 1.82) is 0 Å². The van der Waals surface area contributed by atoms with Crippen LogP contribution >= 0.6 is 0 Å². The summed E-state index contributed by atoms with van der Waals surface area (Å²) < 4.78 is 0. The van der Waals surface area contributed by atoms with E-state index in [4.69, 9.17) is 0 Å². The lowest BCUT2D eigenvalue weighted by atomic mass is 9.67. The second-order valence-electron chi connectivity index (χ2n) is 4.88. The van der Waals surface area contributed by atoms with Crippen LogP contribution in [0, 0.1) is 17.8 Å². The molecule has 0 radical (unpaired) electrons. The Morgan fingerprint density at radius 2 is 2.21 bits per heavy atom. The minimum absolute atomic E-state index is 0.147. The number of fused-ring (bicyclic) bond motifs is 2. The van der Waals surface area contributed by atoms with Crippen LogP contribution in [0.5, 0.6) is 0 Å². The van der Waals surface area contributed by atoms with Crippen LogP contribution in [0.4, 0.5) is 0 Å². The summed E-state index contributed by atoms with van der Waals surface area (Å²) in [5, 5.41) is 0. The quantitative estimate of drug-likeness (QED) is 0.611. The predicted molar refractivity (Wildman–Crippen MR) is 57.9 cm³/mol. The van der Waals surface area contributed by atoms with Crippen LogP contribution in [0.25, 0.3) is 0 Å². The third-order valence-corrected chi connectivity index (χ3v) is 3.49. The van der Waals surface area contributed by atoms with E-state index >= 15 is 0 Å². The molecule has 1 nitrogen and oxygen atoms in total. The van der Waals surface area contributed by atoms with Gasteiger partial charge in [-0.1, -0.05) is 32.1 Å². The molecule has 1 fully saturated rings. The van der Waals surface area contributed by atoms with Crippen LogP contribution in [-0.2, 0) is 4.79 Å². The highest BCUT2D eigenvalue weighted by Crippen LogP contribution is 2.43. The van der Waals surface area contributed by atoms with Crippen molar-refractivity contribution in [2.24, 2.45) is 17.8 Å². The Morgan fingerprint density at radius 3 is 2.64 bits per heavy atom. The number of allylic oxidation sites excluding steroid dienone is 3. The van der Waals surface area contributed by atoms with Gasteiger partial charge in [-0.15, -0.1) is 0 Å². The van der Waals surface area contributed by atoms with Gasteiger partial charge in [-0.2, -0.15) is 0 Å². The fraction of sp³-hybridized carbons (Fsp3) is 0.615. The summed E-state index contributed by atoms with van der Waals surface area (Å²) in [5.41, 5.74) is 2.44. The van der Waals surface area contributed by atoms with Crippen molar-refractivity contribution in [3.63, 3.8) is 0 Å². The minimum atomic E-state index is 0.147. The van der Waals surface area contributed by atoms with E-state index in [2.05, 4.69) is 12.7 Å². The Labute approximate surface area is 85.9 Å². The van der Waals surface area contributed by atoms with Gasteiger partial charge in [0.25, 0.3) is 0 Å². The summed E-state index contributed by atoms with van der Waals surface area (Å²) in [6.45, 7) is 8.05. The average Bonchev–Trinajstić information content (AvgIpc) is 2.17. The van der Waals surface area contributed by atoms with E-state index < -0.39 is 0 Å². The first-order valence-electron chi connectivity index (χ1n) is 5.53. The van der Waals surface area contributed by atoms with Crippen LogP contribution < -0.4 is 0 Å². The fourth-order valence-corrected chi connectivity index (χ4v) is 2.59. The first-order valence-corrected chi connectivity index (χ1v) is 5.53. The zero-order chi connectivity index (χ0) is 10.3. The molecule has 1 heteroatoms.